The summed E-state index contributed by atoms with van der Waals surface area (Å²) in [5.41, 5.74) is 5.99. The molecule has 0 unspecified atom stereocenters. The van der Waals surface area contributed by atoms with Crippen LogP contribution in [-0.4, -0.2) is 0 Å². The second-order valence-corrected chi connectivity index (χ2v) is 3.55. The molecule has 0 heterocycles. The molecule has 0 aromatic rings. The molecule has 0 atom stereocenters. The summed E-state index contributed by atoms with van der Waals surface area (Å²) >= 11 is 0. The third kappa shape index (κ3) is 1.08. The van der Waals surface area contributed by atoms with Crippen molar-refractivity contribution in [2.24, 2.45) is 0 Å². The van der Waals surface area contributed by atoms with Crippen molar-refractivity contribution in [2.45, 2.75) is 26.7 Å². The molecule has 0 aromatic heterocycles. The van der Waals surface area contributed by atoms with Crippen LogP contribution in [0, 0.1) is 0 Å². The van der Waals surface area contributed by atoms with Gasteiger partial charge in [-0.3, -0.25) is 0 Å². The Morgan fingerprint density at radius 2 is 2.00 bits per heavy atom. The van der Waals surface area contributed by atoms with Gasteiger partial charge in [0.2, 0.25) is 0 Å². The molecule has 0 heteroatoms. The van der Waals surface area contributed by atoms with Crippen LogP contribution in [0.15, 0.2) is 46.6 Å². The van der Waals surface area contributed by atoms with Crippen LogP contribution < -0.4 is 0 Å². The summed E-state index contributed by atoms with van der Waals surface area (Å²) in [5, 5.41) is 0. The topological polar surface area (TPSA) is 0 Å². The fourth-order valence-corrected chi connectivity index (χ4v) is 1.81. The molecule has 0 saturated carbocycles. The fourth-order valence-electron chi connectivity index (χ4n) is 1.81. The van der Waals surface area contributed by atoms with Crippen molar-refractivity contribution in [3.8, 4) is 0 Å². The van der Waals surface area contributed by atoms with Crippen LogP contribution in [0.1, 0.15) is 26.7 Å². The first kappa shape index (κ1) is 7.60. The summed E-state index contributed by atoms with van der Waals surface area (Å²) in [6.07, 6.45) is 11.2. The molecule has 0 radical (unpaired) electrons. The van der Waals surface area contributed by atoms with Crippen LogP contribution >= 0.6 is 0 Å². The normalized spacial score (nSPS) is 21.8. The van der Waals surface area contributed by atoms with E-state index in [9.17, 15) is 0 Å². The summed E-state index contributed by atoms with van der Waals surface area (Å²) in [5.74, 6) is 0. The van der Waals surface area contributed by atoms with Gasteiger partial charge in [0.25, 0.3) is 0 Å². The van der Waals surface area contributed by atoms with Gasteiger partial charge in [0.05, 0.1) is 0 Å². The van der Waals surface area contributed by atoms with Crippen LogP contribution in [0.25, 0.3) is 0 Å². The van der Waals surface area contributed by atoms with Gasteiger partial charge in [0.1, 0.15) is 0 Å². The lowest BCUT2D eigenvalue weighted by Crippen LogP contribution is -1.86. The zero-order valence-electron chi connectivity index (χ0n) is 7.72. The Hall–Kier alpha value is -1.04. The van der Waals surface area contributed by atoms with Crippen LogP contribution in [0.5, 0.6) is 0 Å². The van der Waals surface area contributed by atoms with Gasteiger partial charge >= 0.3 is 0 Å². The number of hydrogen-bond acceptors (Lipinski definition) is 0. The molecule has 0 amide bonds. The van der Waals surface area contributed by atoms with E-state index in [1.165, 1.54) is 22.3 Å². The minimum absolute atomic E-state index is 1.12. The van der Waals surface area contributed by atoms with E-state index in [1.54, 1.807) is 0 Å². The Morgan fingerprint density at radius 3 is 2.50 bits per heavy atom. The first-order chi connectivity index (χ1) is 5.79. The van der Waals surface area contributed by atoms with Crippen molar-refractivity contribution in [1.29, 1.82) is 0 Å². The second-order valence-electron chi connectivity index (χ2n) is 3.55. The number of allylic oxidation sites excluding steroid dienone is 8. The molecule has 0 saturated heterocycles. The van der Waals surface area contributed by atoms with Gasteiger partial charge in [-0.25, -0.2) is 0 Å². The van der Waals surface area contributed by atoms with E-state index in [0.29, 0.717) is 0 Å². The largest absolute Gasteiger partial charge is 0.0801 e. The standard InChI is InChI=1S/C12H14/c1-9-7-8-12(10(9)2)11-5-3-4-6-11/h3-5,8H,6-7H2,1-2H3. The third-order valence-electron chi connectivity index (χ3n) is 2.77. The highest BCUT2D eigenvalue weighted by molar-refractivity contribution is 5.55. The minimum atomic E-state index is 1.12. The van der Waals surface area contributed by atoms with Crippen LogP contribution in [0.4, 0.5) is 0 Å². The molecule has 0 aliphatic heterocycles. The Bertz CT molecular complexity index is 322. The van der Waals surface area contributed by atoms with E-state index in [4.69, 9.17) is 0 Å². The molecular weight excluding hydrogens is 144 g/mol. The van der Waals surface area contributed by atoms with Gasteiger partial charge in [-0.2, -0.15) is 0 Å². The summed E-state index contributed by atoms with van der Waals surface area (Å²) in [4.78, 5) is 0. The maximum absolute atomic E-state index is 2.35. The molecule has 12 heavy (non-hydrogen) atoms. The van der Waals surface area contributed by atoms with E-state index in [2.05, 4.69) is 38.2 Å². The van der Waals surface area contributed by atoms with Crippen molar-refractivity contribution in [3.63, 3.8) is 0 Å². The lowest BCUT2D eigenvalue weighted by Gasteiger charge is -2.05. The maximum Gasteiger partial charge on any atom is -0.00884 e. The van der Waals surface area contributed by atoms with E-state index in [-0.39, 0.29) is 0 Å². The van der Waals surface area contributed by atoms with Gasteiger partial charge in [-0.05, 0) is 43.4 Å². The molecular formula is C12H14. The van der Waals surface area contributed by atoms with E-state index in [1.807, 2.05) is 0 Å². The third-order valence-corrected chi connectivity index (χ3v) is 2.77. The molecule has 0 nitrogen and oxygen atoms in total. The SMILES string of the molecule is CC1=C(C)C(C2=CC=CC2)=CC1. The molecule has 2 aliphatic carbocycles. The first-order valence-corrected chi connectivity index (χ1v) is 4.52. The second kappa shape index (κ2) is 2.78. The molecule has 2 rings (SSSR count). The average molecular weight is 158 g/mol. The molecule has 62 valence electrons. The van der Waals surface area contributed by atoms with E-state index < -0.39 is 0 Å². The van der Waals surface area contributed by atoms with Crippen molar-refractivity contribution in [2.75, 3.05) is 0 Å². The average Bonchev–Trinajstić information content (AvgIpc) is 2.64. The Kier molecular flexibility index (Phi) is 1.76. The molecule has 2 aliphatic rings. The highest BCUT2D eigenvalue weighted by atomic mass is 14.2. The number of hydrogen-bond donors (Lipinski definition) is 0. The Balaban J connectivity index is 2.27. The monoisotopic (exact) mass is 158 g/mol. The predicted octanol–water partition coefficient (Wildman–Crippen LogP) is 3.54. The molecule has 0 aromatic carbocycles. The van der Waals surface area contributed by atoms with Gasteiger partial charge < -0.3 is 0 Å². The smallest absolute Gasteiger partial charge is 0.00884 e. The summed E-state index contributed by atoms with van der Waals surface area (Å²) < 4.78 is 0. The van der Waals surface area contributed by atoms with Crippen molar-refractivity contribution >= 4 is 0 Å². The zero-order chi connectivity index (χ0) is 8.55. The van der Waals surface area contributed by atoms with Crippen LogP contribution in [0.2, 0.25) is 0 Å². The highest BCUT2D eigenvalue weighted by Crippen LogP contribution is 2.33. The summed E-state index contributed by atoms with van der Waals surface area (Å²) in [6.45, 7) is 4.45. The van der Waals surface area contributed by atoms with Gasteiger partial charge in [-0.1, -0.05) is 29.9 Å². The molecule has 0 fully saturated rings. The Labute approximate surface area is 74.0 Å². The van der Waals surface area contributed by atoms with Crippen LogP contribution in [0.3, 0.4) is 0 Å². The highest BCUT2D eigenvalue weighted by Gasteiger charge is 2.14. The van der Waals surface area contributed by atoms with Crippen molar-refractivity contribution in [3.05, 3.63) is 46.6 Å². The van der Waals surface area contributed by atoms with Gasteiger partial charge in [0, 0.05) is 0 Å². The molecule has 0 bridgehead atoms. The zero-order valence-corrected chi connectivity index (χ0v) is 7.72. The number of rotatable bonds is 1. The predicted molar refractivity (Wildman–Crippen MR) is 52.9 cm³/mol. The Morgan fingerprint density at radius 1 is 1.17 bits per heavy atom. The first-order valence-electron chi connectivity index (χ1n) is 4.52. The van der Waals surface area contributed by atoms with E-state index in [0.717, 1.165) is 12.8 Å². The van der Waals surface area contributed by atoms with Crippen molar-refractivity contribution in [1.82, 2.24) is 0 Å². The maximum atomic E-state index is 2.35. The van der Waals surface area contributed by atoms with Gasteiger partial charge in [-0.15, -0.1) is 0 Å². The molecule has 0 N–H and O–H groups in total. The lowest BCUT2D eigenvalue weighted by atomic mass is 10.0. The molecule has 0 spiro atoms. The fraction of sp³-hybridized carbons (Fsp3) is 0.333. The quantitative estimate of drug-likeness (QED) is 0.547. The minimum Gasteiger partial charge on any atom is -0.0801 e. The van der Waals surface area contributed by atoms with Gasteiger partial charge in [0.15, 0.2) is 0 Å². The summed E-state index contributed by atoms with van der Waals surface area (Å²) in [6, 6.07) is 0. The van der Waals surface area contributed by atoms with Crippen molar-refractivity contribution < 1.29 is 0 Å². The van der Waals surface area contributed by atoms with Crippen LogP contribution in [-0.2, 0) is 0 Å². The lowest BCUT2D eigenvalue weighted by molar-refractivity contribution is 1.21. The van der Waals surface area contributed by atoms with E-state index >= 15 is 0 Å². The summed E-state index contributed by atoms with van der Waals surface area (Å²) in [7, 11) is 0.